The van der Waals surface area contributed by atoms with Crippen LogP contribution >= 0.6 is 0 Å². The van der Waals surface area contributed by atoms with Gasteiger partial charge in [-0.05, 0) is 12.8 Å². The molecule has 2 rings (SSSR count). The highest BCUT2D eigenvalue weighted by Crippen LogP contribution is 2.14. The number of hydrogen-bond donors (Lipinski definition) is 1. The Morgan fingerprint density at radius 1 is 1.38 bits per heavy atom. The van der Waals surface area contributed by atoms with Crippen LogP contribution in [0.4, 0.5) is 0 Å². The molecule has 0 radical (unpaired) electrons. The Balaban J connectivity index is 2.01. The third-order valence-electron chi connectivity index (χ3n) is 2.55. The van der Waals surface area contributed by atoms with Gasteiger partial charge >= 0.3 is 0 Å². The van der Waals surface area contributed by atoms with E-state index in [-0.39, 0.29) is 17.9 Å². The number of carbonyl (C=O) groups excluding carboxylic acids is 2. The molecule has 2 amide bonds. The van der Waals surface area contributed by atoms with E-state index in [9.17, 15) is 9.59 Å². The van der Waals surface area contributed by atoms with Gasteiger partial charge in [-0.3, -0.25) is 14.5 Å². The van der Waals surface area contributed by atoms with Gasteiger partial charge in [0.05, 0.1) is 6.04 Å². The first-order valence-corrected chi connectivity index (χ1v) is 4.86. The van der Waals surface area contributed by atoms with Crippen LogP contribution in [-0.4, -0.2) is 35.8 Å². The molecule has 4 heteroatoms. The molecule has 1 atom stereocenters. The summed E-state index contributed by atoms with van der Waals surface area (Å²) in [5.74, 6) is -0.0110. The smallest absolute Gasteiger partial charge is 0.247 e. The fraction of sp³-hybridized carbons (Fsp3) is 0.778. The molecule has 0 bridgehead atoms. The lowest BCUT2D eigenvalue weighted by molar-refractivity contribution is -0.144. The van der Waals surface area contributed by atoms with Crippen LogP contribution in [0.2, 0.25) is 0 Å². The highest BCUT2D eigenvalue weighted by atomic mass is 16.2. The van der Waals surface area contributed by atoms with Gasteiger partial charge in [0.1, 0.15) is 0 Å². The van der Waals surface area contributed by atoms with Gasteiger partial charge in [-0.25, -0.2) is 0 Å². The fourth-order valence-corrected chi connectivity index (χ4v) is 1.64. The summed E-state index contributed by atoms with van der Waals surface area (Å²) in [6.07, 6.45) is 3.50. The van der Waals surface area contributed by atoms with Crippen LogP contribution in [0.15, 0.2) is 0 Å². The first-order chi connectivity index (χ1) is 6.29. The largest absolute Gasteiger partial charge is 0.303 e. The minimum Gasteiger partial charge on any atom is -0.303 e. The predicted octanol–water partition coefficient (Wildman–Crippen LogP) is -0.113. The van der Waals surface area contributed by atoms with Crippen molar-refractivity contribution in [2.75, 3.05) is 13.1 Å². The van der Waals surface area contributed by atoms with Gasteiger partial charge in [-0.2, -0.15) is 0 Å². The van der Waals surface area contributed by atoms with Crippen LogP contribution < -0.4 is 5.32 Å². The second-order valence-corrected chi connectivity index (χ2v) is 3.66. The van der Waals surface area contributed by atoms with Gasteiger partial charge in [-0.15, -0.1) is 0 Å². The Kier molecular flexibility index (Phi) is 2.31. The lowest BCUT2D eigenvalue weighted by Gasteiger charge is -2.17. The average Bonchev–Trinajstić information content (AvgIpc) is 2.89. The van der Waals surface area contributed by atoms with Crippen LogP contribution in [0.1, 0.15) is 25.7 Å². The average molecular weight is 182 g/mol. The molecule has 0 spiro atoms. The topological polar surface area (TPSA) is 59.3 Å². The molecule has 0 aromatic heterocycles. The molecule has 2 saturated heterocycles. The Hall–Kier alpha value is -0.900. The number of nitrogens with zero attached hydrogens (tertiary/aromatic N) is 1. The van der Waals surface area contributed by atoms with Crippen LogP contribution in [0.25, 0.3) is 0 Å². The van der Waals surface area contributed by atoms with Crippen molar-refractivity contribution >= 4 is 11.8 Å². The monoisotopic (exact) mass is 182 g/mol. The maximum absolute atomic E-state index is 11.6. The fourth-order valence-electron chi connectivity index (χ4n) is 1.64. The van der Waals surface area contributed by atoms with Gasteiger partial charge in [0.15, 0.2) is 0 Å². The Bertz CT molecular complexity index is 236. The molecule has 72 valence electrons. The maximum Gasteiger partial charge on any atom is 0.247 e. The standard InChI is InChI=1S/C9H14N2O2/c12-8-4-2-1-3-5-11(8)9(13)7-6-10-7/h7,10H,1-6H2. The van der Waals surface area contributed by atoms with E-state index in [1.54, 1.807) is 0 Å². The van der Waals surface area contributed by atoms with Crippen molar-refractivity contribution in [3.63, 3.8) is 0 Å². The van der Waals surface area contributed by atoms with Gasteiger partial charge in [0.25, 0.3) is 0 Å². The molecular weight excluding hydrogens is 168 g/mol. The molecule has 1 unspecified atom stereocenters. The lowest BCUT2D eigenvalue weighted by atomic mass is 10.2. The van der Waals surface area contributed by atoms with Crippen molar-refractivity contribution in [1.29, 1.82) is 0 Å². The zero-order valence-corrected chi connectivity index (χ0v) is 7.58. The summed E-state index contributed by atoms with van der Waals surface area (Å²) in [5.41, 5.74) is 0. The summed E-state index contributed by atoms with van der Waals surface area (Å²) in [4.78, 5) is 24.5. The summed E-state index contributed by atoms with van der Waals surface area (Å²) in [6, 6.07) is -0.0675. The summed E-state index contributed by atoms with van der Waals surface area (Å²) >= 11 is 0. The second-order valence-electron chi connectivity index (χ2n) is 3.66. The van der Waals surface area contributed by atoms with Crippen LogP contribution in [0, 0.1) is 0 Å². The first kappa shape index (κ1) is 8.69. The van der Waals surface area contributed by atoms with Gasteiger partial charge < -0.3 is 5.32 Å². The van der Waals surface area contributed by atoms with Crippen molar-refractivity contribution in [2.45, 2.75) is 31.7 Å². The molecule has 2 aliphatic heterocycles. The van der Waals surface area contributed by atoms with Gasteiger partial charge in [0.2, 0.25) is 11.8 Å². The molecule has 4 nitrogen and oxygen atoms in total. The van der Waals surface area contributed by atoms with E-state index in [2.05, 4.69) is 5.32 Å². The molecule has 0 saturated carbocycles. The third-order valence-corrected chi connectivity index (χ3v) is 2.55. The number of rotatable bonds is 1. The molecule has 1 N–H and O–H groups in total. The highest BCUT2D eigenvalue weighted by Gasteiger charge is 2.35. The number of nitrogens with one attached hydrogen (secondary N) is 1. The van der Waals surface area contributed by atoms with Crippen molar-refractivity contribution in [3.05, 3.63) is 0 Å². The first-order valence-electron chi connectivity index (χ1n) is 4.86. The zero-order valence-electron chi connectivity index (χ0n) is 7.58. The number of likely N-dealkylation sites (tertiary alicyclic amines) is 1. The zero-order chi connectivity index (χ0) is 9.26. The Morgan fingerprint density at radius 2 is 2.15 bits per heavy atom. The molecular formula is C9H14N2O2. The number of imide groups is 1. The summed E-state index contributed by atoms with van der Waals surface area (Å²) in [7, 11) is 0. The van der Waals surface area contributed by atoms with Crippen molar-refractivity contribution in [3.8, 4) is 0 Å². The minimum atomic E-state index is -0.0675. The SMILES string of the molecule is O=C1CCCCCN1C(=O)C1CN1. The third kappa shape index (κ3) is 1.88. The van der Waals surface area contributed by atoms with Crippen LogP contribution in [-0.2, 0) is 9.59 Å². The highest BCUT2D eigenvalue weighted by molar-refractivity contribution is 5.99. The van der Waals surface area contributed by atoms with E-state index in [1.807, 2.05) is 0 Å². The molecule has 2 heterocycles. The van der Waals surface area contributed by atoms with E-state index in [1.165, 1.54) is 4.90 Å². The van der Waals surface area contributed by atoms with E-state index in [4.69, 9.17) is 0 Å². The molecule has 0 aromatic rings. The van der Waals surface area contributed by atoms with E-state index in [0.717, 1.165) is 25.8 Å². The van der Waals surface area contributed by atoms with E-state index < -0.39 is 0 Å². The molecule has 13 heavy (non-hydrogen) atoms. The number of hydrogen-bond acceptors (Lipinski definition) is 3. The summed E-state index contributed by atoms with van der Waals surface area (Å²) in [5, 5.41) is 2.93. The summed E-state index contributed by atoms with van der Waals surface area (Å²) in [6.45, 7) is 1.36. The molecule has 0 aliphatic carbocycles. The minimum absolute atomic E-state index is 0.0104. The number of carbonyl (C=O) groups is 2. The van der Waals surface area contributed by atoms with Gasteiger partial charge in [-0.1, -0.05) is 6.42 Å². The predicted molar refractivity (Wildman–Crippen MR) is 47.0 cm³/mol. The van der Waals surface area contributed by atoms with E-state index >= 15 is 0 Å². The van der Waals surface area contributed by atoms with Gasteiger partial charge in [0, 0.05) is 19.5 Å². The quantitative estimate of drug-likeness (QED) is 0.454. The maximum atomic E-state index is 11.6. The molecule has 2 fully saturated rings. The second kappa shape index (κ2) is 3.46. The molecule has 0 aromatic carbocycles. The Morgan fingerprint density at radius 3 is 2.85 bits per heavy atom. The van der Waals surface area contributed by atoms with Crippen molar-refractivity contribution < 1.29 is 9.59 Å². The van der Waals surface area contributed by atoms with Crippen molar-refractivity contribution in [1.82, 2.24) is 10.2 Å². The normalized spacial score (nSPS) is 28.5. The van der Waals surface area contributed by atoms with Crippen molar-refractivity contribution in [2.24, 2.45) is 0 Å². The van der Waals surface area contributed by atoms with E-state index in [0.29, 0.717) is 13.0 Å². The van der Waals surface area contributed by atoms with Crippen LogP contribution in [0.5, 0.6) is 0 Å². The number of amides is 2. The summed E-state index contributed by atoms with van der Waals surface area (Å²) < 4.78 is 0. The Labute approximate surface area is 77.3 Å². The lowest BCUT2D eigenvalue weighted by Crippen LogP contribution is -2.39. The van der Waals surface area contributed by atoms with Crippen LogP contribution in [0.3, 0.4) is 0 Å². The molecule has 2 aliphatic rings.